The number of hydrogen-bond acceptors (Lipinski definition) is 6. The maximum atomic E-state index is 12.8. The molecular formula is C12H18F3N5O. The molecule has 0 atom stereocenters. The Kier molecular flexibility index (Phi) is 4.84. The Labute approximate surface area is 120 Å². The van der Waals surface area contributed by atoms with Crippen LogP contribution in [0.15, 0.2) is 6.07 Å². The van der Waals surface area contributed by atoms with Gasteiger partial charge < -0.3 is 15.1 Å². The van der Waals surface area contributed by atoms with Gasteiger partial charge in [-0.05, 0) is 18.8 Å². The van der Waals surface area contributed by atoms with Gasteiger partial charge in [0.15, 0.2) is 0 Å². The fourth-order valence-electron chi connectivity index (χ4n) is 2.24. The molecule has 1 saturated heterocycles. The average Bonchev–Trinajstić information content (AvgIpc) is 2.46. The highest BCUT2D eigenvalue weighted by Crippen LogP contribution is 2.29. The van der Waals surface area contributed by atoms with Crippen molar-refractivity contribution in [3.63, 3.8) is 0 Å². The fourth-order valence-corrected chi connectivity index (χ4v) is 2.24. The lowest BCUT2D eigenvalue weighted by Gasteiger charge is -2.28. The normalized spacial score (nSPS) is 16.8. The van der Waals surface area contributed by atoms with E-state index < -0.39 is 12.0 Å². The van der Waals surface area contributed by atoms with Crippen molar-refractivity contribution in [2.24, 2.45) is 11.8 Å². The molecule has 0 unspecified atom stereocenters. The summed E-state index contributed by atoms with van der Waals surface area (Å²) in [6.07, 6.45) is -2.83. The molecule has 0 bridgehead atoms. The number of nitrogens with two attached hydrogens (primary N) is 1. The van der Waals surface area contributed by atoms with Crippen molar-refractivity contribution in [2.45, 2.75) is 19.0 Å². The zero-order valence-electron chi connectivity index (χ0n) is 11.7. The van der Waals surface area contributed by atoms with Crippen LogP contribution in [0.25, 0.3) is 0 Å². The summed E-state index contributed by atoms with van der Waals surface area (Å²) in [5, 5.41) is 0. The molecular weight excluding hydrogens is 287 g/mol. The molecule has 3 N–H and O–H groups in total. The minimum atomic E-state index is -4.61. The van der Waals surface area contributed by atoms with Gasteiger partial charge in [0.05, 0.1) is 0 Å². The molecule has 21 heavy (non-hydrogen) atoms. The van der Waals surface area contributed by atoms with Crippen molar-refractivity contribution in [3.8, 4) is 0 Å². The highest BCUT2D eigenvalue weighted by Gasteiger charge is 2.35. The van der Waals surface area contributed by atoms with Crippen molar-refractivity contribution >= 4 is 11.6 Å². The van der Waals surface area contributed by atoms with Crippen molar-refractivity contribution in [1.29, 1.82) is 0 Å². The van der Waals surface area contributed by atoms with Crippen LogP contribution in [-0.2, 0) is 10.9 Å². The molecule has 0 aliphatic carbocycles. The second kappa shape index (κ2) is 6.44. The summed E-state index contributed by atoms with van der Waals surface area (Å²) in [5.74, 6) is 4.48. The zero-order valence-corrected chi connectivity index (χ0v) is 11.7. The predicted molar refractivity (Wildman–Crippen MR) is 71.7 cm³/mol. The second-order valence-corrected chi connectivity index (χ2v) is 5.01. The van der Waals surface area contributed by atoms with E-state index in [1.807, 2.05) is 0 Å². The number of hydrazine groups is 1. The predicted octanol–water partition coefficient (Wildman–Crippen LogP) is 1.64. The van der Waals surface area contributed by atoms with Gasteiger partial charge in [-0.1, -0.05) is 0 Å². The minimum absolute atomic E-state index is 0.0637. The van der Waals surface area contributed by atoms with Gasteiger partial charge in [-0.3, -0.25) is 0 Å². The van der Waals surface area contributed by atoms with E-state index in [-0.39, 0.29) is 11.6 Å². The van der Waals surface area contributed by atoms with Crippen LogP contribution in [0.3, 0.4) is 0 Å². The van der Waals surface area contributed by atoms with E-state index >= 15 is 0 Å². The molecule has 9 heteroatoms. The van der Waals surface area contributed by atoms with Gasteiger partial charge in [0.2, 0.25) is 5.82 Å². The Morgan fingerprint density at radius 1 is 1.38 bits per heavy atom. The Bertz CT molecular complexity index is 476. The molecule has 1 aliphatic heterocycles. The topological polar surface area (TPSA) is 76.3 Å². The van der Waals surface area contributed by atoms with Crippen molar-refractivity contribution in [1.82, 2.24) is 9.97 Å². The van der Waals surface area contributed by atoms with E-state index in [0.717, 1.165) is 12.8 Å². The molecule has 0 saturated carbocycles. The van der Waals surface area contributed by atoms with Gasteiger partial charge in [0, 0.05) is 32.9 Å². The van der Waals surface area contributed by atoms with E-state index in [0.29, 0.717) is 25.7 Å². The Hall–Kier alpha value is -1.61. The van der Waals surface area contributed by atoms with Crippen LogP contribution in [0.5, 0.6) is 0 Å². The van der Waals surface area contributed by atoms with Crippen molar-refractivity contribution < 1.29 is 17.9 Å². The van der Waals surface area contributed by atoms with Gasteiger partial charge in [-0.25, -0.2) is 15.8 Å². The van der Waals surface area contributed by atoms with Crippen LogP contribution in [-0.4, -0.2) is 36.8 Å². The molecule has 6 nitrogen and oxygen atoms in total. The number of aromatic nitrogens is 2. The number of nitrogens with one attached hydrogen (secondary N) is 1. The lowest BCUT2D eigenvalue weighted by Crippen LogP contribution is -2.31. The van der Waals surface area contributed by atoms with Crippen LogP contribution >= 0.6 is 0 Å². The monoisotopic (exact) mass is 305 g/mol. The SMILES string of the molecule is CN(CC1CCOCC1)c1cc(NN)nc(C(F)(F)F)n1. The van der Waals surface area contributed by atoms with E-state index in [4.69, 9.17) is 10.6 Å². The number of rotatable bonds is 4. The number of nitrogen functional groups attached to an aromatic ring is 1. The first-order chi connectivity index (χ1) is 9.90. The smallest absolute Gasteiger partial charge is 0.381 e. The first-order valence-electron chi connectivity index (χ1n) is 6.62. The number of anilines is 2. The summed E-state index contributed by atoms with van der Waals surface area (Å²) in [6, 6.07) is 1.40. The van der Waals surface area contributed by atoms with E-state index in [2.05, 4.69) is 15.4 Å². The highest BCUT2D eigenvalue weighted by atomic mass is 19.4. The van der Waals surface area contributed by atoms with Crippen LogP contribution in [0.4, 0.5) is 24.8 Å². The standard InChI is InChI=1S/C12H18F3N5O/c1-20(7-8-2-4-21-5-3-8)10-6-9(19-16)17-11(18-10)12(13,14)15/h6,8H,2-5,7,16H2,1H3,(H,17,18,19). The van der Waals surface area contributed by atoms with Crippen LogP contribution in [0.1, 0.15) is 18.7 Å². The maximum Gasteiger partial charge on any atom is 0.451 e. The summed E-state index contributed by atoms with van der Waals surface area (Å²) >= 11 is 0. The maximum absolute atomic E-state index is 12.8. The molecule has 118 valence electrons. The quantitative estimate of drug-likeness (QED) is 0.650. The van der Waals surface area contributed by atoms with Crippen molar-refractivity contribution in [2.75, 3.05) is 37.1 Å². The van der Waals surface area contributed by atoms with Gasteiger partial charge >= 0.3 is 6.18 Å². The Morgan fingerprint density at radius 3 is 2.62 bits per heavy atom. The number of hydrogen-bond donors (Lipinski definition) is 2. The summed E-state index contributed by atoms with van der Waals surface area (Å²) in [7, 11) is 1.71. The third kappa shape index (κ3) is 4.18. The van der Waals surface area contributed by atoms with Crippen LogP contribution in [0.2, 0.25) is 0 Å². The summed E-state index contributed by atoms with van der Waals surface area (Å²) in [5.41, 5.74) is 2.14. The van der Waals surface area contributed by atoms with Crippen molar-refractivity contribution in [3.05, 3.63) is 11.9 Å². The molecule has 0 amide bonds. The lowest BCUT2D eigenvalue weighted by atomic mass is 10.00. The molecule has 2 heterocycles. The molecule has 1 aromatic rings. The van der Waals surface area contributed by atoms with Crippen LogP contribution < -0.4 is 16.2 Å². The largest absolute Gasteiger partial charge is 0.451 e. The molecule has 1 fully saturated rings. The molecule has 0 spiro atoms. The van der Waals surface area contributed by atoms with Gasteiger partial charge in [-0.2, -0.15) is 13.2 Å². The molecule has 0 radical (unpaired) electrons. The summed E-state index contributed by atoms with van der Waals surface area (Å²) in [6.45, 7) is 1.99. The van der Waals surface area contributed by atoms with Gasteiger partial charge in [-0.15, -0.1) is 0 Å². The van der Waals surface area contributed by atoms with Gasteiger partial charge in [0.25, 0.3) is 0 Å². The first kappa shape index (κ1) is 15.8. The Morgan fingerprint density at radius 2 is 2.05 bits per heavy atom. The Balaban J connectivity index is 2.17. The summed E-state index contributed by atoms with van der Waals surface area (Å²) in [4.78, 5) is 8.60. The molecule has 2 rings (SSSR count). The number of nitrogens with zero attached hydrogens (tertiary/aromatic N) is 3. The summed E-state index contributed by atoms with van der Waals surface area (Å²) < 4.78 is 43.6. The minimum Gasteiger partial charge on any atom is -0.381 e. The molecule has 1 aromatic heterocycles. The fraction of sp³-hybridized carbons (Fsp3) is 0.667. The molecule has 0 aromatic carbocycles. The third-order valence-corrected chi connectivity index (χ3v) is 3.38. The van der Waals surface area contributed by atoms with E-state index in [9.17, 15) is 13.2 Å². The number of alkyl halides is 3. The third-order valence-electron chi connectivity index (χ3n) is 3.38. The zero-order chi connectivity index (χ0) is 15.5. The first-order valence-corrected chi connectivity index (χ1v) is 6.62. The molecule has 1 aliphatic rings. The number of halogens is 3. The average molecular weight is 305 g/mol. The van der Waals surface area contributed by atoms with Crippen LogP contribution in [0, 0.1) is 5.92 Å². The van der Waals surface area contributed by atoms with Gasteiger partial charge in [0.1, 0.15) is 11.6 Å². The lowest BCUT2D eigenvalue weighted by molar-refractivity contribution is -0.144. The number of ether oxygens (including phenoxy) is 1. The van der Waals surface area contributed by atoms with E-state index in [1.54, 1.807) is 11.9 Å². The second-order valence-electron chi connectivity index (χ2n) is 5.01. The van der Waals surface area contributed by atoms with E-state index in [1.165, 1.54) is 6.07 Å². The highest BCUT2D eigenvalue weighted by molar-refractivity contribution is 5.48.